The van der Waals surface area contributed by atoms with Gasteiger partial charge in [0.25, 0.3) is 0 Å². The number of halogens is 1. The third-order valence-electron chi connectivity index (χ3n) is 3.52. The van der Waals surface area contributed by atoms with Gasteiger partial charge in [-0.2, -0.15) is 0 Å². The Kier molecular flexibility index (Phi) is 4.45. The van der Waals surface area contributed by atoms with Gasteiger partial charge < -0.3 is 10.4 Å². The maximum absolute atomic E-state index is 12.3. The van der Waals surface area contributed by atoms with Gasteiger partial charge in [-0.15, -0.1) is 0 Å². The number of hydrogen-bond acceptors (Lipinski definition) is 4. The van der Waals surface area contributed by atoms with E-state index in [9.17, 15) is 9.90 Å². The maximum atomic E-state index is 12.3. The Bertz CT molecular complexity index is 497. The van der Waals surface area contributed by atoms with E-state index in [2.05, 4.69) is 10.2 Å². The van der Waals surface area contributed by atoms with Gasteiger partial charge in [-0.3, -0.25) is 9.69 Å². The van der Waals surface area contributed by atoms with Crippen molar-refractivity contribution in [2.45, 2.75) is 13.8 Å². The average Bonchev–Trinajstić information content (AvgIpc) is 2.37. The number of ketones is 1. The Labute approximate surface area is 118 Å². The van der Waals surface area contributed by atoms with Crippen LogP contribution in [0.5, 0.6) is 5.75 Å². The largest absolute Gasteiger partial charge is 0.507 e. The number of rotatable bonds is 3. The summed E-state index contributed by atoms with van der Waals surface area (Å²) in [4.78, 5) is 14.4. The zero-order chi connectivity index (χ0) is 14.0. The van der Waals surface area contributed by atoms with Crippen LogP contribution in [0.1, 0.15) is 21.5 Å². The van der Waals surface area contributed by atoms with Crippen LogP contribution in [0.15, 0.2) is 6.07 Å². The highest BCUT2D eigenvalue weighted by molar-refractivity contribution is 6.32. The second kappa shape index (κ2) is 5.90. The molecule has 5 heteroatoms. The van der Waals surface area contributed by atoms with Crippen LogP contribution in [0.2, 0.25) is 5.02 Å². The number of piperazine rings is 1. The quantitative estimate of drug-likeness (QED) is 0.830. The molecule has 1 aliphatic rings. The van der Waals surface area contributed by atoms with E-state index in [4.69, 9.17) is 11.6 Å². The highest BCUT2D eigenvalue weighted by Crippen LogP contribution is 2.31. The average molecular weight is 283 g/mol. The Morgan fingerprint density at radius 1 is 1.42 bits per heavy atom. The fourth-order valence-electron chi connectivity index (χ4n) is 2.44. The number of aryl methyl sites for hydroxylation is 1. The van der Waals surface area contributed by atoms with Gasteiger partial charge in [0.2, 0.25) is 0 Å². The maximum Gasteiger partial charge on any atom is 0.180 e. The van der Waals surface area contributed by atoms with Gasteiger partial charge in [-0.1, -0.05) is 11.6 Å². The first-order valence-corrected chi connectivity index (χ1v) is 6.83. The predicted octanol–water partition coefficient (Wildman–Crippen LogP) is 1.75. The van der Waals surface area contributed by atoms with E-state index >= 15 is 0 Å². The lowest BCUT2D eigenvalue weighted by Gasteiger charge is -2.26. The SMILES string of the molecule is Cc1cc(O)c(C(=O)CN2CCNCC2)c(C)c1Cl. The highest BCUT2D eigenvalue weighted by atomic mass is 35.5. The van der Waals surface area contributed by atoms with Gasteiger partial charge in [0.1, 0.15) is 5.75 Å². The second-order valence-electron chi connectivity index (χ2n) is 4.98. The number of Topliss-reactive ketones (excluding diaryl/α,β-unsaturated/α-hetero) is 1. The van der Waals surface area contributed by atoms with Crippen molar-refractivity contribution in [2.24, 2.45) is 0 Å². The molecule has 0 radical (unpaired) electrons. The number of nitrogens with one attached hydrogen (secondary N) is 1. The molecule has 0 aliphatic carbocycles. The van der Waals surface area contributed by atoms with Gasteiger partial charge in [0, 0.05) is 31.2 Å². The van der Waals surface area contributed by atoms with Crippen LogP contribution in [0.4, 0.5) is 0 Å². The number of carbonyl (C=O) groups excluding carboxylic acids is 1. The van der Waals surface area contributed by atoms with Crippen LogP contribution in [0.3, 0.4) is 0 Å². The van der Waals surface area contributed by atoms with E-state index in [0.29, 0.717) is 22.7 Å². The zero-order valence-corrected chi connectivity index (χ0v) is 12.0. The minimum Gasteiger partial charge on any atom is -0.507 e. The number of nitrogens with zero attached hydrogens (tertiary/aromatic N) is 1. The van der Waals surface area contributed by atoms with Crippen LogP contribution in [0.25, 0.3) is 0 Å². The number of phenolic OH excluding ortho intramolecular Hbond substituents is 1. The summed E-state index contributed by atoms with van der Waals surface area (Å²) < 4.78 is 0. The number of aromatic hydroxyl groups is 1. The topological polar surface area (TPSA) is 52.6 Å². The van der Waals surface area contributed by atoms with Crippen molar-refractivity contribution in [3.05, 3.63) is 27.8 Å². The summed E-state index contributed by atoms with van der Waals surface area (Å²) in [7, 11) is 0. The summed E-state index contributed by atoms with van der Waals surface area (Å²) in [6.45, 7) is 7.42. The van der Waals surface area contributed by atoms with Crippen LogP contribution in [-0.4, -0.2) is 48.5 Å². The molecule has 0 spiro atoms. The van der Waals surface area contributed by atoms with E-state index in [-0.39, 0.29) is 11.5 Å². The van der Waals surface area contributed by atoms with Crippen molar-refractivity contribution in [2.75, 3.05) is 32.7 Å². The van der Waals surface area contributed by atoms with Crippen LogP contribution >= 0.6 is 11.6 Å². The van der Waals surface area contributed by atoms with E-state index in [1.807, 2.05) is 6.92 Å². The molecule has 1 aliphatic heterocycles. The van der Waals surface area contributed by atoms with E-state index in [1.54, 1.807) is 13.0 Å². The van der Waals surface area contributed by atoms with Gasteiger partial charge in [0.05, 0.1) is 12.1 Å². The lowest BCUT2D eigenvalue weighted by atomic mass is 10.00. The molecule has 1 fully saturated rings. The summed E-state index contributed by atoms with van der Waals surface area (Å²) in [5.41, 5.74) is 1.81. The van der Waals surface area contributed by atoms with Crippen LogP contribution in [0, 0.1) is 13.8 Å². The molecule has 104 valence electrons. The fraction of sp³-hybridized carbons (Fsp3) is 0.500. The molecular formula is C14H19ClN2O2. The molecule has 0 bridgehead atoms. The van der Waals surface area contributed by atoms with Crippen molar-refractivity contribution >= 4 is 17.4 Å². The summed E-state index contributed by atoms with van der Waals surface area (Å²) in [5, 5.41) is 13.8. The lowest BCUT2D eigenvalue weighted by molar-refractivity contribution is 0.0918. The molecule has 1 saturated heterocycles. The Morgan fingerprint density at radius 3 is 2.68 bits per heavy atom. The molecule has 1 aromatic carbocycles. The van der Waals surface area contributed by atoms with Crippen molar-refractivity contribution in [1.82, 2.24) is 10.2 Å². The number of benzene rings is 1. The van der Waals surface area contributed by atoms with Gasteiger partial charge in [-0.25, -0.2) is 0 Å². The molecule has 2 rings (SSSR count). The Hall–Kier alpha value is -1.10. The fourth-order valence-corrected chi connectivity index (χ4v) is 2.59. The summed E-state index contributed by atoms with van der Waals surface area (Å²) >= 11 is 6.15. The molecule has 0 aromatic heterocycles. The standard InChI is InChI=1S/C14H19ClN2O2/c1-9-7-11(18)13(10(2)14(9)15)12(19)8-17-5-3-16-4-6-17/h7,16,18H,3-6,8H2,1-2H3. The number of phenols is 1. The minimum atomic E-state index is -0.0706. The van der Waals surface area contributed by atoms with E-state index in [0.717, 1.165) is 31.7 Å². The van der Waals surface area contributed by atoms with Gasteiger partial charge in [-0.05, 0) is 31.0 Å². The summed E-state index contributed by atoms with van der Waals surface area (Å²) in [6, 6.07) is 1.56. The van der Waals surface area contributed by atoms with E-state index in [1.165, 1.54) is 0 Å². The molecule has 0 atom stereocenters. The van der Waals surface area contributed by atoms with Crippen molar-refractivity contribution in [1.29, 1.82) is 0 Å². The molecule has 4 nitrogen and oxygen atoms in total. The number of carbonyl (C=O) groups is 1. The molecule has 0 unspecified atom stereocenters. The van der Waals surface area contributed by atoms with Gasteiger partial charge in [0.15, 0.2) is 5.78 Å². The van der Waals surface area contributed by atoms with Gasteiger partial charge >= 0.3 is 0 Å². The molecule has 2 N–H and O–H groups in total. The smallest absolute Gasteiger partial charge is 0.180 e. The van der Waals surface area contributed by atoms with E-state index < -0.39 is 0 Å². The Morgan fingerprint density at radius 2 is 2.05 bits per heavy atom. The van der Waals surface area contributed by atoms with Crippen molar-refractivity contribution < 1.29 is 9.90 Å². The van der Waals surface area contributed by atoms with Crippen molar-refractivity contribution in [3.8, 4) is 5.75 Å². The summed E-state index contributed by atoms with van der Waals surface area (Å²) in [5.74, 6) is -0.0432. The monoisotopic (exact) mass is 282 g/mol. The molecule has 1 aromatic rings. The number of hydrogen-bond donors (Lipinski definition) is 2. The van der Waals surface area contributed by atoms with Crippen LogP contribution < -0.4 is 5.32 Å². The lowest BCUT2D eigenvalue weighted by Crippen LogP contribution is -2.45. The molecule has 1 heterocycles. The molecular weight excluding hydrogens is 264 g/mol. The summed E-state index contributed by atoms with van der Waals surface area (Å²) in [6.07, 6.45) is 0. The first-order valence-electron chi connectivity index (χ1n) is 6.45. The van der Waals surface area contributed by atoms with Crippen molar-refractivity contribution in [3.63, 3.8) is 0 Å². The molecule has 19 heavy (non-hydrogen) atoms. The molecule has 0 amide bonds. The molecule has 0 saturated carbocycles. The Balaban J connectivity index is 2.21. The zero-order valence-electron chi connectivity index (χ0n) is 11.3. The first kappa shape index (κ1) is 14.3. The third kappa shape index (κ3) is 3.08. The highest BCUT2D eigenvalue weighted by Gasteiger charge is 2.21. The van der Waals surface area contributed by atoms with Crippen LogP contribution in [-0.2, 0) is 0 Å². The minimum absolute atomic E-state index is 0.0273. The second-order valence-corrected chi connectivity index (χ2v) is 5.35. The normalized spacial score (nSPS) is 16.6. The predicted molar refractivity (Wildman–Crippen MR) is 76.2 cm³/mol. The third-order valence-corrected chi connectivity index (χ3v) is 4.10. The first-order chi connectivity index (χ1) is 9.00.